The average Bonchev–Trinajstić information content (AvgIpc) is 2.33. The van der Waals surface area contributed by atoms with Gasteiger partial charge in [0.2, 0.25) is 0 Å². The van der Waals surface area contributed by atoms with Crippen molar-refractivity contribution in [1.82, 2.24) is 0 Å². The third-order valence-corrected chi connectivity index (χ3v) is 3.60. The van der Waals surface area contributed by atoms with Gasteiger partial charge in [0.15, 0.2) is 0 Å². The maximum atomic E-state index is 10.2. The second-order valence-electron chi connectivity index (χ2n) is 4.44. The zero-order chi connectivity index (χ0) is 11.5. The molecule has 0 saturated carbocycles. The highest BCUT2D eigenvalue weighted by atomic mass is 35.5. The molecule has 0 heterocycles. The first kappa shape index (κ1) is 11.7. The Kier molecular flexibility index (Phi) is 3.67. The summed E-state index contributed by atoms with van der Waals surface area (Å²) in [6.45, 7) is 1.97. The van der Waals surface area contributed by atoms with Gasteiger partial charge < -0.3 is 5.11 Å². The van der Waals surface area contributed by atoms with Gasteiger partial charge in [-0.1, -0.05) is 29.8 Å². The van der Waals surface area contributed by atoms with Crippen LogP contribution >= 0.6 is 11.6 Å². The highest BCUT2D eigenvalue weighted by Crippen LogP contribution is 2.31. The van der Waals surface area contributed by atoms with Crippen LogP contribution in [0.5, 0.6) is 0 Å². The van der Waals surface area contributed by atoms with E-state index in [-0.39, 0.29) is 0 Å². The van der Waals surface area contributed by atoms with Crippen LogP contribution in [0, 0.1) is 6.92 Å². The van der Waals surface area contributed by atoms with Gasteiger partial charge in [-0.15, -0.1) is 0 Å². The molecule has 1 aliphatic carbocycles. The summed E-state index contributed by atoms with van der Waals surface area (Å²) in [5.41, 5.74) is 3.14. The number of halogens is 1. The molecule has 0 fully saturated rings. The number of hydrogen-bond acceptors (Lipinski definition) is 1. The van der Waals surface area contributed by atoms with Gasteiger partial charge in [0.1, 0.15) is 6.10 Å². The number of benzene rings is 1. The maximum Gasteiger partial charge on any atom is 0.100 e. The second-order valence-corrected chi connectivity index (χ2v) is 4.84. The van der Waals surface area contributed by atoms with Gasteiger partial charge in [-0.05, 0) is 55.4 Å². The Morgan fingerprint density at radius 1 is 1.31 bits per heavy atom. The number of aliphatic hydroxyl groups is 1. The number of aryl methyl sites for hydroxylation is 1. The largest absolute Gasteiger partial charge is 0.384 e. The molecule has 1 aromatic rings. The summed E-state index contributed by atoms with van der Waals surface area (Å²) in [5, 5.41) is 11.0. The summed E-state index contributed by atoms with van der Waals surface area (Å²) < 4.78 is 0. The fourth-order valence-corrected chi connectivity index (χ4v) is 2.28. The quantitative estimate of drug-likeness (QED) is 0.764. The van der Waals surface area contributed by atoms with E-state index < -0.39 is 6.10 Å². The molecule has 0 aliphatic heterocycles. The number of rotatable bonds is 2. The lowest BCUT2D eigenvalue weighted by Crippen LogP contribution is -2.05. The molecule has 0 radical (unpaired) electrons. The van der Waals surface area contributed by atoms with Crippen LogP contribution in [-0.4, -0.2) is 5.11 Å². The molecule has 1 aliphatic rings. The van der Waals surface area contributed by atoms with E-state index in [1.54, 1.807) is 0 Å². The molecule has 86 valence electrons. The minimum atomic E-state index is -0.448. The summed E-state index contributed by atoms with van der Waals surface area (Å²) in [4.78, 5) is 0. The van der Waals surface area contributed by atoms with Crippen LogP contribution in [0.4, 0.5) is 0 Å². The Morgan fingerprint density at radius 2 is 2.12 bits per heavy atom. The minimum absolute atomic E-state index is 0.448. The predicted molar refractivity (Wildman–Crippen MR) is 67.7 cm³/mol. The molecule has 1 nitrogen and oxygen atoms in total. The molecule has 16 heavy (non-hydrogen) atoms. The van der Waals surface area contributed by atoms with Crippen LogP contribution in [-0.2, 0) is 0 Å². The number of hydrogen-bond donors (Lipinski definition) is 1. The highest BCUT2D eigenvalue weighted by molar-refractivity contribution is 6.31. The smallest absolute Gasteiger partial charge is 0.100 e. The molecule has 0 amide bonds. The van der Waals surface area contributed by atoms with Crippen LogP contribution in [0.2, 0.25) is 5.02 Å². The Hall–Kier alpha value is -0.790. The van der Waals surface area contributed by atoms with Crippen molar-refractivity contribution in [2.24, 2.45) is 0 Å². The van der Waals surface area contributed by atoms with E-state index in [4.69, 9.17) is 11.6 Å². The molecular formula is C14H17ClO. The third-order valence-electron chi connectivity index (χ3n) is 3.18. The summed E-state index contributed by atoms with van der Waals surface area (Å²) in [5.74, 6) is 0. The first-order valence-corrected chi connectivity index (χ1v) is 6.19. The summed E-state index contributed by atoms with van der Waals surface area (Å²) in [6.07, 6.45) is 6.28. The fourth-order valence-electron chi connectivity index (χ4n) is 2.16. The molecule has 1 aromatic carbocycles. The second kappa shape index (κ2) is 5.03. The average molecular weight is 237 g/mol. The fraction of sp³-hybridized carbons (Fsp3) is 0.429. The topological polar surface area (TPSA) is 20.2 Å². The molecule has 2 heteroatoms. The first-order chi connectivity index (χ1) is 7.68. The Morgan fingerprint density at radius 3 is 2.75 bits per heavy atom. The Bertz CT molecular complexity index is 409. The predicted octanol–water partition coefficient (Wildman–Crippen LogP) is 4.18. The van der Waals surface area contributed by atoms with Gasteiger partial charge in [0.25, 0.3) is 0 Å². The zero-order valence-corrected chi connectivity index (χ0v) is 10.3. The van der Waals surface area contributed by atoms with Crippen molar-refractivity contribution in [3.8, 4) is 0 Å². The molecule has 0 spiro atoms. The lowest BCUT2D eigenvalue weighted by atomic mass is 9.91. The standard InChI is InChI=1S/C14H17ClO/c1-10-9-12(7-8-13(10)15)14(16)11-5-3-2-4-6-11/h5,7-9,14,16H,2-4,6H2,1H3. The van der Waals surface area contributed by atoms with E-state index in [2.05, 4.69) is 6.08 Å². The SMILES string of the molecule is Cc1cc(C(O)C2=CCCCC2)ccc1Cl. The van der Waals surface area contributed by atoms with Crippen molar-refractivity contribution in [2.45, 2.75) is 38.7 Å². The van der Waals surface area contributed by atoms with Gasteiger partial charge in [0, 0.05) is 5.02 Å². The summed E-state index contributed by atoms with van der Waals surface area (Å²) in [6, 6.07) is 5.75. The van der Waals surface area contributed by atoms with Crippen molar-refractivity contribution in [1.29, 1.82) is 0 Å². The van der Waals surface area contributed by atoms with E-state index in [0.717, 1.165) is 34.6 Å². The van der Waals surface area contributed by atoms with Crippen LogP contribution in [0.1, 0.15) is 42.9 Å². The van der Waals surface area contributed by atoms with Gasteiger partial charge in [-0.3, -0.25) is 0 Å². The lowest BCUT2D eigenvalue weighted by Gasteiger charge is -2.19. The number of aliphatic hydroxyl groups excluding tert-OH is 1. The first-order valence-electron chi connectivity index (χ1n) is 5.81. The zero-order valence-electron chi connectivity index (χ0n) is 9.54. The minimum Gasteiger partial charge on any atom is -0.384 e. The van der Waals surface area contributed by atoms with Crippen molar-refractivity contribution >= 4 is 11.6 Å². The van der Waals surface area contributed by atoms with Crippen molar-refractivity contribution < 1.29 is 5.11 Å². The molecule has 1 N–H and O–H groups in total. The Balaban J connectivity index is 2.22. The van der Waals surface area contributed by atoms with Crippen LogP contribution in [0.25, 0.3) is 0 Å². The van der Waals surface area contributed by atoms with Gasteiger partial charge >= 0.3 is 0 Å². The van der Waals surface area contributed by atoms with Crippen LogP contribution < -0.4 is 0 Å². The lowest BCUT2D eigenvalue weighted by molar-refractivity contribution is 0.208. The molecule has 0 aromatic heterocycles. The number of allylic oxidation sites excluding steroid dienone is 1. The molecule has 0 bridgehead atoms. The van der Waals surface area contributed by atoms with Gasteiger partial charge in [-0.2, -0.15) is 0 Å². The molecule has 2 rings (SSSR count). The monoisotopic (exact) mass is 236 g/mol. The molecule has 0 saturated heterocycles. The van der Waals surface area contributed by atoms with Crippen molar-refractivity contribution in [3.63, 3.8) is 0 Å². The van der Waals surface area contributed by atoms with Crippen molar-refractivity contribution in [2.75, 3.05) is 0 Å². The van der Waals surface area contributed by atoms with Crippen molar-refractivity contribution in [3.05, 3.63) is 46.0 Å². The van der Waals surface area contributed by atoms with E-state index in [1.807, 2.05) is 25.1 Å². The van der Waals surface area contributed by atoms with Crippen LogP contribution in [0.15, 0.2) is 29.8 Å². The van der Waals surface area contributed by atoms with E-state index in [1.165, 1.54) is 12.8 Å². The maximum absolute atomic E-state index is 10.2. The van der Waals surface area contributed by atoms with Gasteiger partial charge in [0.05, 0.1) is 0 Å². The third kappa shape index (κ3) is 2.47. The summed E-state index contributed by atoms with van der Waals surface area (Å²) >= 11 is 5.97. The normalized spacial score (nSPS) is 18.1. The molecule has 1 unspecified atom stereocenters. The van der Waals surface area contributed by atoms with Crippen LogP contribution in [0.3, 0.4) is 0 Å². The summed E-state index contributed by atoms with van der Waals surface area (Å²) in [7, 11) is 0. The Labute approximate surface area is 102 Å². The molecular weight excluding hydrogens is 220 g/mol. The van der Waals surface area contributed by atoms with E-state index in [9.17, 15) is 5.11 Å². The highest BCUT2D eigenvalue weighted by Gasteiger charge is 2.15. The van der Waals surface area contributed by atoms with Gasteiger partial charge in [-0.25, -0.2) is 0 Å². The van der Waals surface area contributed by atoms with E-state index >= 15 is 0 Å². The van der Waals surface area contributed by atoms with E-state index in [0.29, 0.717) is 0 Å². The molecule has 1 atom stereocenters.